The number of rotatable bonds is 6. The van der Waals surface area contributed by atoms with E-state index in [2.05, 4.69) is 60.1 Å². The Kier molecular flexibility index (Phi) is 4.78. The average Bonchev–Trinajstić information content (AvgIpc) is 3.48. The summed E-state index contributed by atoms with van der Waals surface area (Å²) in [6.07, 6.45) is 3.10. The van der Waals surface area contributed by atoms with Crippen molar-refractivity contribution in [2.75, 3.05) is 13.1 Å². The van der Waals surface area contributed by atoms with Crippen LogP contribution in [-0.2, 0) is 23.3 Å². The first-order chi connectivity index (χ1) is 14.6. The fraction of sp³-hybridized carbons (Fsp3) is 0.500. The molecular formula is C20H24N8O2. The zero-order chi connectivity index (χ0) is 20.6. The highest BCUT2D eigenvalue weighted by atomic mass is 16.5. The number of hydrogen-bond donors (Lipinski definition) is 1. The van der Waals surface area contributed by atoms with Crippen LogP contribution < -0.4 is 5.32 Å². The zero-order valence-electron chi connectivity index (χ0n) is 16.8. The van der Waals surface area contributed by atoms with Crippen LogP contribution in [0.2, 0.25) is 0 Å². The summed E-state index contributed by atoms with van der Waals surface area (Å²) in [6, 6.07) is 10.5. The molecule has 0 radical (unpaired) electrons. The van der Waals surface area contributed by atoms with Gasteiger partial charge < -0.3 is 9.84 Å². The molecular weight excluding hydrogens is 384 g/mol. The van der Waals surface area contributed by atoms with Crippen LogP contribution in [0, 0.1) is 12.8 Å². The van der Waals surface area contributed by atoms with Crippen LogP contribution in [0.4, 0.5) is 0 Å². The largest absolute Gasteiger partial charge is 0.352 e. The second-order valence-electron chi connectivity index (χ2n) is 8.37. The van der Waals surface area contributed by atoms with Crippen molar-refractivity contribution >= 4 is 5.91 Å². The molecule has 1 N–H and O–H groups in total. The molecule has 3 aromatic rings. The second kappa shape index (κ2) is 7.60. The summed E-state index contributed by atoms with van der Waals surface area (Å²) < 4.78 is 7.08. The molecule has 1 saturated carbocycles. The molecule has 0 spiro atoms. The third kappa shape index (κ3) is 3.58. The molecule has 2 fully saturated rings. The molecule has 2 aliphatic rings. The number of nitrogens with zero attached hydrogens (tertiary/aromatic N) is 7. The van der Waals surface area contributed by atoms with Gasteiger partial charge in [-0.15, -0.1) is 5.10 Å². The Morgan fingerprint density at radius 1 is 1.33 bits per heavy atom. The Hall–Kier alpha value is -3.14. The predicted molar refractivity (Wildman–Crippen MR) is 105 cm³/mol. The minimum Gasteiger partial charge on any atom is -0.352 e. The number of fused-ring (bicyclic) bond motifs is 1. The quantitative estimate of drug-likeness (QED) is 0.634. The van der Waals surface area contributed by atoms with Crippen LogP contribution in [0.25, 0.3) is 0 Å². The van der Waals surface area contributed by atoms with Gasteiger partial charge >= 0.3 is 0 Å². The van der Waals surface area contributed by atoms with E-state index >= 15 is 0 Å². The molecule has 10 heteroatoms. The summed E-state index contributed by atoms with van der Waals surface area (Å²) in [7, 11) is 0. The maximum absolute atomic E-state index is 12.4. The smallest absolute Gasteiger partial charge is 0.242 e. The molecule has 1 aromatic carbocycles. The van der Waals surface area contributed by atoms with Crippen molar-refractivity contribution in [1.82, 2.24) is 40.6 Å². The first-order valence-corrected chi connectivity index (χ1v) is 10.2. The van der Waals surface area contributed by atoms with E-state index in [9.17, 15) is 4.79 Å². The predicted octanol–water partition coefficient (Wildman–Crippen LogP) is 0.713. The average molecular weight is 408 g/mol. The number of hydrogen-bond acceptors (Lipinski definition) is 8. The standard InChI is InChI=1S/C20H24N8O2/c1-14-22-19(30-24-14)20-8-17(23-18(29)11-28-13-21-25-26-28)7-16(20)10-27(12-20)9-15-5-3-2-4-6-15/h2-6,13,16-17H,7-12H2,1H3,(H,23,29)/t16-,17+,20-/m0/s1. The molecule has 3 heterocycles. The van der Waals surface area contributed by atoms with E-state index in [0.717, 1.165) is 32.5 Å². The van der Waals surface area contributed by atoms with Crippen molar-refractivity contribution in [3.05, 3.63) is 53.9 Å². The number of benzene rings is 1. The second-order valence-corrected chi connectivity index (χ2v) is 8.37. The fourth-order valence-electron chi connectivity index (χ4n) is 5.05. The van der Waals surface area contributed by atoms with E-state index < -0.39 is 0 Å². The number of aromatic nitrogens is 6. The molecule has 0 bridgehead atoms. The fourth-order valence-corrected chi connectivity index (χ4v) is 5.05. The van der Waals surface area contributed by atoms with Gasteiger partial charge in [0.1, 0.15) is 12.9 Å². The summed E-state index contributed by atoms with van der Waals surface area (Å²) in [6.45, 7) is 4.63. The molecule has 10 nitrogen and oxygen atoms in total. The Morgan fingerprint density at radius 3 is 2.93 bits per heavy atom. The van der Waals surface area contributed by atoms with E-state index in [1.54, 1.807) is 0 Å². The first kappa shape index (κ1) is 18.9. The Balaban J connectivity index is 1.31. The molecule has 1 saturated heterocycles. The van der Waals surface area contributed by atoms with Gasteiger partial charge in [-0.1, -0.05) is 35.5 Å². The minimum atomic E-state index is -0.233. The minimum absolute atomic E-state index is 0.0602. The van der Waals surface area contributed by atoms with Gasteiger partial charge in [0.15, 0.2) is 5.82 Å². The number of carbonyl (C=O) groups excluding carboxylic acids is 1. The van der Waals surface area contributed by atoms with Crippen molar-refractivity contribution in [2.45, 2.75) is 44.3 Å². The third-order valence-electron chi connectivity index (χ3n) is 6.21. The molecule has 3 atom stereocenters. The van der Waals surface area contributed by atoms with Crippen LogP contribution in [-0.4, -0.2) is 60.3 Å². The zero-order valence-corrected chi connectivity index (χ0v) is 16.8. The summed E-state index contributed by atoms with van der Waals surface area (Å²) in [5.41, 5.74) is 1.06. The van der Waals surface area contributed by atoms with E-state index in [0.29, 0.717) is 17.6 Å². The van der Waals surface area contributed by atoms with Gasteiger partial charge in [0.05, 0.1) is 5.41 Å². The highest BCUT2D eigenvalue weighted by Gasteiger charge is 2.57. The molecule has 156 valence electrons. The summed E-state index contributed by atoms with van der Waals surface area (Å²) >= 11 is 0. The Labute approximate surface area is 173 Å². The molecule has 5 rings (SSSR count). The van der Waals surface area contributed by atoms with E-state index in [4.69, 9.17) is 4.52 Å². The molecule has 1 aliphatic carbocycles. The van der Waals surface area contributed by atoms with E-state index in [1.807, 2.05) is 13.0 Å². The van der Waals surface area contributed by atoms with Crippen molar-refractivity contribution in [3.63, 3.8) is 0 Å². The van der Waals surface area contributed by atoms with Gasteiger partial charge in [-0.2, -0.15) is 4.98 Å². The van der Waals surface area contributed by atoms with Crippen molar-refractivity contribution in [2.24, 2.45) is 5.92 Å². The van der Waals surface area contributed by atoms with E-state index in [-0.39, 0.29) is 23.9 Å². The van der Waals surface area contributed by atoms with Crippen LogP contribution in [0.5, 0.6) is 0 Å². The van der Waals surface area contributed by atoms with Crippen LogP contribution in [0.1, 0.15) is 30.1 Å². The number of amides is 1. The monoisotopic (exact) mass is 408 g/mol. The third-order valence-corrected chi connectivity index (χ3v) is 6.21. The molecule has 2 aromatic heterocycles. The number of nitrogens with one attached hydrogen (secondary N) is 1. The number of carbonyl (C=O) groups is 1. The lowest BCUT2D eigenvalue weighted by atomic mass is 9.80. The number of aryl methyl sites for hydroxylation is 1. The number of likely N-dealkylation sites (tertiary alicyclic amines) is 1. The van der Waals surface area contributed by atoms with Crippen molar-refractivity contribution in [1.29, 1.82) is 0 Å². The van der Waals surface area contributed by atoms with Gasteiger partial charge in [0.25, 0.3) is 0 Å². The van der Waals surface area contributed by atoms with Crippen LogP contribution in [0.15, 0.2) is 41.2 Å². The topological polar surface area (TPSA) is 115 Å². The highest BCUT2D eigenvalue weighted by molar-refractivity contribution is 5.76. The maximum Gasteiger partial charge on any atom is 0.242 e. The summed E-state index contributed by atoms with van der Waals surface area (Å²) in [5, 5.41) is 18.1. The summed E-state index contributed by atoms with van der Waals surface area (Å²) in [5.74, 6) is 1.59. The number of tetrazole rings is 1. The Morgan fingerprint density at radius 2 is 2.20 bits per heavy atom. The lowest BCUT2D eigenvalue weighted by Gasteiger charge is -2.25. The van der Waals surface area contributed by atoms with Crippen LogP contribution >= 0.6 is 0 Å². The maximum atomic E-state index is 12.4. The van der Waals surface area contributed by atoms with Gasteiger partial charge in [-0.25, -0.2) is 4.68 Å². The highest BCUT2D eigenvalue weighted by Crippen LogP contribution is 2.50. The lowest BCUT2D eigenvalue weighted by Crippen LogP contribution is -2.39. The van der Waals surface area contributed by atoms with Crippen molar-refractivity contribution < 1.29 is 9.32 Å². The molecule has 0 unspecified atom stereocenters. The molecule has 30 heavy (non-hydrogen) atoms. The van der Waals surface area contributed by atoms with Gasteiger partial charge in [-0.05, 0) is 41.7 Å². The van der Waals surface area contributed by atoms with E-state index in [1.165, 1.54) is 16.6 Å². The van der Waals surface area contributed by atoms with Crippen molar-refractivity contribution in [3.8, 4) is 0 Å². The normalized spacial score (nSPS) is 26.0. The van der Waals surface area contributed by atoms with Gasteiger partial charge in [0.2, 0.25) is 11.8 Å². The Bertz CT molecular complexity index is 1010. The first-order valence-electron chi connectivity index (χ1n) is 10.2. The van der Waals surface area contributed by atoms with Gasteiger partial charge in [-0.3, -0.25) is 9.69 Å². The summed E-state index contributed by atoms with van der Waals surface area (Å²) in [4.78, 5) is 19.5. The van der Waals surface area contributed by atoms with Gasteiger partial charge in [0, 0.05) is 25.7 Å². The van der Waals surface area contributed by atoms with Crippen LogP contribution in [0.3, 0.4) is 0 Å². The lowest BCUT2D eigenvalue weighted by molar-refractivity contribution is -0.122. The molecule has 1 amide bonds. The SMILES string of the molecule is Cc1noc([C@]23C[C@H](NC(=O)Cn4cnnn4)C[C@H]2CN(Cc2ccccc2)C3)n1. The molecule has 1 aliphatic heterocycles.